The number of unbranched alkanes of at least 4 members (excludes halogenated alkanes) is 13. The van der Waals surface area contributed by atoms with E-state index in [9.17, 15) is 9.90 Å². The van der Waals surface area contributed by atoms with Crippen LogP contribution in [0, 0.1) is 0 Å². The summed E-state index contributed by atoms with van der Waals surface area (Å²) < 4.78 is 5.83. The second-order valence-corrected chi connectivity index (χ2v) is 8.82. The van der Waals surface area contributed by atoms with Crippen molar-refractivity contribution >= 4 is 5.97 Å². The van der Waals surface area contributed by atoms with Gasteiger partial charge in [0.25, 0.3) is 0 Å². The van der Waals surface area contributed by atoms with E-state index in [1.165, 1.54) is 83.5 Å². The molecule has 0 atom stereocenters. The minimum Gasteiger partial charge on any atom is -0.494 e. The Morgan fingerprint density at radius 2 is 1.25 bits per heavy atom. The Kier molecular flexibility index (Phi) is 13.3. The molecule has 0 aromatic heterocycles. The number of carbonyl (C=O) groups is 1. The van der Waals surface area contributed by atoms with E-state index in [2.05, 4.69) is 6.92 Å². The molecule has 0 saturated heterocycles. The van der Waals surface area contributed by atoms with E-state index < -0.39 is 5.97 Å². The number of benzene rings is 2. The topological polar surface area (TPSA) is 46.5 Å². The second kappa shape index (κ2) is 16.4. The first-order valence-electron chi connectivity index (χ1n) is 12.8. The van der Waals surface area contributed by atoms with Gasteiger partial charge in [-0.05, 0) is 35.7 Å². The van der Waals surface area contributed by atoms with Gasteiger partial charge in [0.15, 0.2) is 0 Å². The maximum absolute atomic E-state index is 11.7. The fourth-order valence-electron chi connectivity index (χ4n) is 4.15. The first-order chi connectivity index (χ1) is 15.7. The fourth-order valence-corrected chi connectivity index (χ4v) is 4.15. The van der Waals surface area contributed by atoms with Gasteiger partial charge in [-0.3, -0.25) is 0 Å². The Morgan fingerprint density at radius 3 is 1.78 bits per heavy atom. The maximum atomic E-state index is 11.7. The van der Waals surface area contributed by atoms with Crippen molar-refractivity contribution in [1.82, 2.24) is 0 Å². The summed E-state index contributed by atoms with van der Waals surface area (Å²) in [6.45, 7) is 2.91. The van der Waals surface area contributed by atoms with Gasteiger partial charge in [-0.1, -0.05) is 121 Å². The Labute approximate surface area is 195 Å². The van der Waals surface area contributed by atoms with E-state index in [4.69, 9.17) is 4.74 Å². The average molecular weight is 439 g/mol. The van der Waals surface area contributed by atoms with Crippen LogP contribution < -0.4 is 4.74 Å². The quantitative estimate of drug-likeness (QED) is 0.236. The van der Waals surface area contributed by atoms with Gasteiger partial charge in [-0.15, -0.1) is 0 Å². The summed E-state index contributed by atoms with van der Waals surface area (Å²) in [5.41, 5.74) is 1.92. The van der Waals surface area contributed by atoms with Gasteiger partial charge in [0, 0.05) is 0 Å². The molecule has 0 unspecified atom stereocenters. The Morgan fingerprint density at radius 1 is 0.719 bits per heavy atom. The molecule has 0 radical (unpaired) electrons. The lowest BCUT2D eigenvalue weighted by atomic mass is 9.99. The van der Waals surface area contributed by atoms with Crippen LogP contribution in [0.1, 0.15) is 107 Å². The van der Waals surface area contributed by atoms with Gasteiger partial charge in [0.2, 0.25) is 0 Å². The number of carboxylic acid groups (broad SMARTS) is 1. The van der Waals surface area contributed by atoms with Crippen molar-refractivity contribution in [3.05, 3.63) is 54.1 Å². The first kappa shape index (κ1) is 26.0. The zero-order valence-electron chi connectivity index (χ0n) is 20.0. The molecule has 3 nitrogen and oxygen atoms in total. The number of rotatable bonds is 18. The van der Waals surface area contributed by atoms with E-state index in [1.54, 1.807) is 6.07 Å². The van der Waals surface area contributed by atoms with Crippen molar-refractivity contribution in [3.8, 4) is 16.9 Å². The molecule has 0 amide bonds. The van der Waals surface area contributed by atoms with Crippen molar-refractivity contribution < 1.29 is 14.6 Å². The fraction of sp³-hybridized carbons (Fsp3) is 0.552. The third-order valence-electron chi connectivity index (χ3n) is 6.07. The van der Waals surface area contributed by atoms with Crippen LogP contribution in [0.4, 0.5) is 0 Å². The summed E-state index contributed by atoms with van der Waals surface area (Å²) in [6.07, 6.45) is 18.7. The Bertz CT molecular complexity index is 754. The van der Waals surface area contributed by atoms with Gasteiger partial charge in [-0.2, -0.15) is 0 Å². The van der Waals surface area contributed by atoms with Crippen molar-refractivity contribution in [2.75, 3.05) is 6.61 Å². The third-order valence-corrected chi connectivity index (χ3v) is 6.07. The number of aromatic carboxylic acids is 1. The van der Waals surface area contributed by atoms with Gasteiger partial charge in [0.05, 0.1) is 12.2 Å². The van der Waals surface area contributed by atoms with E-state index in [0.29, 0.717) is 12.4 Å². The van der Waals surface area contributed by atoms with Gasteiger partial charge in [0.1, 0.15) is 5.75 Å². The van der Waals surface area contributed by atoms with Crippen molar-refractivity contribution in [2.24, 2.45) is 0 Å². The molecular weight excluding hydrogens is 396 g/mol. The summed E-state index contributed by atoms with van der Waals surface area (Å²) in [7, 11) is 0. The summed E-state index contributed by atoms with van der Waals surface area (Å²) in [5, 5.41) is 9.60. The highest BCUT2D eigenvalue weighted by Gasteiger charge is 2.13. The van der Waals surface area contributed by atoms with Crippen LogP contribution in [0.2, 0.25) is 0 Å². The molecule has 1 N–H and O–H groups in total. The molecule has 0 spiro atoms. The SMILES string of the molecule is CCCCCCCCCCCCCCCCOc1ccc(-c2ccccc2)c(C(=O)O)c1. The van der Waals surface area contributed by atoms with Gasteiger partial charge in [-0.25, -0.2) is 4.79 Å². The number of ether oxygens (including phenoxy) is 1. The van der Waals surface area contributed by atoms with Crippen LogP contribution in [0.15, 0.2) is 48.5 Å². The molecule has 3 heteroatoms. The normalized spacial score (nSPS) is 10.9. The standard InChI is InChI=1S/C29H42O3/c1-2-3-4-5-6-7-8-9-10-11-12-13-14-18-23-32-26-21-22-27(28(24-26)29(30)31)25-19-16-15-17-20-25/h15-17,19-22,24H,2-14,18,23H2,1H3,(H,30,31). The largest absolute Gasteiger partial charge is 0.494 e. The molecule has 2 aromatic carbocycles. The number of hydrogen-bond donors (Lipinski definition) is 1. The summed E-state index contributed by atoms with van der Waals surface area (Å²) in [6, 6.07) is 15.0. The van der Waals surface area contributed by atoms with Crippen LogP contribution in [0.25, 0.3) is 11.1 Å². The smallest absolute Gasteiger partial charge is 0.336 e. The number of hydrogen-bond acceptors (Lipinski definition) is 2. The molecule has 2 rings (SSSR count). The van der Waals surface area contributed by atoms with E-state index in [1.807, 2.05) is 42.5 Å². The predicted octanol–water partition coefficient (Wildman–Crippen LogP) is 8.91. The lowest BCUT2D eigenvalue weighted by Gasteiger charge is -2.11. The van der Waals surface area contributed by atoms with E-state index >= 15 is 0 Å². The van der Waals surface area contributed by atoms with Crippen LogP contribution >= 0.6 is 0 Å². The summed E-state index contributed by atoms with van der Waals surface area (Å²) >= 11 is 0. The molecule has 0 saturated carbocycles. The molecular formula is C29H42O3. The Balaban J connectivity index is 1.54. The zero-order valence-corrected chi connectivity index (χ0v) is 20.0. The minimum atomic E-state index is -0.925. The molecule has 2 aromatic rings. The molecule has 0 aliphatic rings. The highest BCUT2D eigenvalue weighted by Crippen LogP contribution is 2.27. The van der Waals surface area contributed by atoms with Crippen molar-refractivity contribution in [2.45, 2.75) is 96.8 Å². The first-order valence-corrected chi connectivity index (χ1v) is 12.8. The second-order valence-electron chi connectivity index (χ2n) is 8.82. The Hall–Kier alpha value is -2.29. The van der Waals surface area contributed by atoms with Crippen LogP contribution in [-0.4, -0.2) is 17.7 Å². The maximum Gasteiger partial charge on any atom is 0.336 e. The van der Waals surface area contributed by atoms with Gasteiger partial charge < -0.3 is 9.84 Å². The van der Waals surface area contributed by atoms with Crippen LogP contribution in [0.3, 0.4) is 0 Å². The molecule has 0 heterocycles. The minimum absolute atomic E-state index is 0.287. The van der Waals surface area contributed by atoms with Crippen molar-refractivity contribution in [1.29, 1.82) is 0 Å². The summed E-state index contributed by atoms with van der Waals surface area (Å²) in [4.78, 5) is 11.7. The lowest BCUT2D eigenvalue weighted by Crippen LogP contribution is -2.02. The van der Waals surface area contributed by atoms with E-state index in [-0.39, 0.29) is 5.56 Å². The molecule has 0 aliphatic carbocycles. The van der Waals surface area contributed by atoms with Crippen LogP contribution in [0.5, 0.6) is 5.75 Å². The molecule has 176 valence electrons. The average Bonchev–Trinajstić information content (AvgIpc) is 2.82. The summed E-state index contributed by atoms with van der Waals surface area (Å²) in [5.74, 6) is -0.289. The number of carboxylic acids is 1. The molecule has 0 bridgehead atoms. The predicted molar refractivity (Wildman–Crippen MR) is 135 cm³/mol. The molecule has 0 aliphatic heterocycles. The molecule has 0 fully saturated rings. The van der Waals surface area contributed by atoms with E-state index in [0.717, 1.165) is 17.5 Å². The zero-order chi connectivity index (χ0) is 22.9. The van der Waals surface area contributed by atoms with Crippen LogP contribution in [-0.2, 0) is 0 Å². The highest BCUT2D eigenvalue weighted by atomic mass is 16.5. The third kappa shape index (κ3) is 10.3. The molecule has 32 heavy (non-hydrogen) atoms. The monoisotopic (exact) mass is 438 g/mol. The highest BCUT2D eigenvalue weighted by molar-refractivity contribution is 5.96. The lowest BCUT2D eigenvalue weighted by molar-refractivity contribution is 0.0697. The van der Waals surface area contributed by atoms with Crippen molar-refractivity contribution in [3.63, 3.8) is 0 Å². The van der Waals surface area contributed by atoms with Gasteiger partial charge >= 0.3 is 5.97 Å².